The van der Waals surface area contributed by atoms with E-state index in [9.17, 15) is 9.90 Å². The van der Waals surface area contributed by atoms with Crippen molar-refractivity contribution >= 4 is 11.6 Å². The zero-order chi connectivity index (χ0) is 10.8. The van der Waals surface area contributed by atoms with E-state index in [4.69, 9.17) is 5.73 Å². The first kappa shape index (κ1) is 9.92. The van der Waals surface area contributed by atoms with Crippen molar-refractivity contribution in [3.63, 3.8) is 0 Å². The Morgan fingerprint density at radius 1 is 1.67 bits per heavy atom. The van der Waals surface area contributed by atoms with Crippen molar-refractivity contribution < 1.29 is 9.90 Å². The highest BCUT2D eigenvalue weighted by Crippen LogP contribution is 2.13. The molecule has 1 atom stereocenters. The number of hydrogen-bond donors (Lipinski definition) is 2. The predicted molar refractivity (Wildman–Crippen MR) is 55.2 cm³/mol. The van der Waals surface area contributed by atoms with Gasteiger partial charge < -0.3 is 15.7 Å². The molecule has 0 spiro atoms. The molecule has 1 aromatic heterocycles. The summed E-state index contributed by atoms with van der Waals surface area (Å²) in [7, 11) is 0. The second kappa shape index (κ2) is 3.86. The molecule has 1 amide bonds. The molecule has 2 rings (SSSR count). The molecule has 1 aliphatic heterocycles. The third kappa shape index (κ3) is 2.07. The molecule has 0 radical (unpaired) electrons. The van der Waals surface area contributed by atoms with Crippen LogP contribution in [-0.2, 0) is 0 Å². The van der Waals surface area contributed by atoms with E-state index >= 15 is 0 Å². The fraction of sp³-hybridized carbons (Fsp3) is 0.400. The first-order valence-corrected chi connectivity index (χ1v) is 4.85. The number of aliphatic hydroxyl groups is 1. The summed E-state index contributed by atoms with van der Waals surface area (Å²) in [6.07, 6.45) is 1.73. The minimum Gasteiger partial charge on any atom is -0.399 e. The van der Waals surface area contributed by atoms with E-state index in [0.717, 1.165) is 0 Å². The fourth-order valence-corrected chi connectivity index (χ4v) is 1.65. The molecule has 2 heterocycles. The molecule has 0 aromatic carbocycles. The average molecular weight is 207 g/mol. The monoisotopic (exact) mass is 207 g/mol. The van der Waals surface area contributed by atoms with Gasteiger partial charge in [-0.25, -0.2) is 0 Å². The molecule has 3 N–H and O–H groups in total. The van der Waals surface area contributed by atoms with Crippen molar-refractivity contribution in [2.75, 3.05) is 18.8 Å². The summed E-state index contributed by atoms with van der Waals surface area (Å²) >= 11 is 0. The number of likely N-dealkylation sites (tertiary alicyclic amines) is 1. The smallest absolute Gasteiger partial charge is 0.272 e. The third-order valence-electron chi connectivity index (χ3n) is 2.45. The number of β-amino-alcohol motifs (C(OH)–C–C–N with tert-alkyl or cyclic N) is 1. The molecule has 5 nitrogen and oxygen atoms in total. The number of aliphatic hydroxyl groups excluding tert-OH is 1. The lowest BCUT2D eigenvalue weighted by atomic mass is 10.3. The van der Waals surface area contributed by atoms with Gasteiger partial charge >= 0.3 is 0 Å². The highest BCUT2D eigenvalue weighted by Gasteiger charge is 2.25. The van der Waals surface area contributed by atoms with Gasteiger partial charge in [-0.15, -0.1) is 0 Å². The van der Waals surface area contributed by atoms with Crippen molar-refractivity contribution in [1.82, 2.24) is 9.88 Å². The maximum atomic E-state index is 11.8. The van der Waals surface area contributed by atoms with Gasteiger partial charge in [-0.3, -0.25) is 9.78 Å². The lowest BCUT2D eigenvalue weighted by Gasteiger charge is -2.14. The molecule has 0 aliphatic carbocycles. The van der Waals surface area contributed by atoms with Crippen LogP contribution >= 0.6 is 0 Å². The van der Waals surface area contributed by atoms with Gasteiger partial charge in [0.25, 0.3) is 5.91 Å². The van der Waals surface area contributed by atoms with Crippen molar-refractivity contribution in [2.24, 2.45) is 0 Å². The van der Waals surface area contributed by atoms with Gasteiger partial charge in [0.1, 0.15) is 5.69 Å². The fourth-order valence-electron chi connectivity index (χ4n) is 1.65. The SMILES string of the molecule is Nc1ccnc(C(=O)N2CCC(O)C2)c1. The van der Waals surface area contributed by atoms with Gasteiger partial charge in [0.15, 0.2) is 0 Å². The summed E-state index contributed by atoms with van der Waals surface area (Å²) < 4.78 is 0. The molecule has 80 valence electrons. The van der Waals surface area contributed by atoms with Gasteiger partial charge in [0, 0.05) is 25.0 Å². The molecular weight excluding hydrogens is 194 g/mol. The van der Waals surface area contributed by atoms with Crippen LogP contribution in [0.5, 0.6) is 0 Å². The standard InChI is InChI=1S/C10H13N3O2/c11-7-1-3-12-9(5-7)10(15)13-4-2-8(14)6-13/h1,3,5,8,14H,2,4,6H2,(H2,11,12). The second-order valence-electron chi connectivity index (χ2n) is 3.67. The van der Waals surface area contributed by atoms with E-state index < -0.39 is 6.10 Å². The molecule has 15 heavy (non-hydrogen) atoms. The van der Waals surface area contributed by atoms with Crippen LogP contribution in [0, 0.1) is 0 Å². The Morgan fingerprint density at radius 3 is 3.07 bits per heavy atom. The van der Waals surface area contributed by atoms with Crippen molar-refractivity contribution in [2.45, 2.75) is 12.5 Å². The number of nitrogens with zero attached hydrogens (tertiary/aromatic N) is 2. The Labute approximate surface area is 87.5 Å². The lowest BCUT2D eigenvalue weighted by Crippen LogP contribution is -2.30. The zero-order valence-corrected chi connectivity index (χ0v) is 8.26. The number of amides is 1. The Morgan fingerprint density at radius 2 is 2.47 bits per heavy atom. The van der Waals surface area contributed by atoms with Gasteiger partial charge in [0.2, 0.25) is 0 Å². The second-order valence-corrected chi connectivity index (χ2v) is 3.67. The number of carbonyl (C=O) groups is 1. The Balaban J connectivity index is 2.14. The third-order valence-corrected chi connectivity index (χ3v) is 2.45. The molecule has 1 aliphatic rings. The number of carbonyl (C=O) groups excluding carboxylic acids is 1. The van der Waals surface area contributed by atoms with Crippen molar-refractivity contribution in [1.29, 1.82) is 0 Å². The maximum absolute atomic E-state index is 11.8. The number of hydrogen-bond acceptors (Lipinski definition) is 4. The topological polar surface area (TPSA) is 79.5 Å². The van der Waals surface area contributed by atoms with Crippen LogP contribution in [0.2, 0.25) is 0 Å². The highest BCUT2D eigenvalue weighted by atomic mass is 16.3. The Kier molecular flexibility index (Phi) is 2.55. The van der Waals surface area contributed by atoms with Crippen LogP contribution in [0.1, 0.15) is 16.9 Å². The Hall–Kier alpha value is -1.62. The molecule has 1 fully saturated rings. The molecule has 0 bridgehead atoms. The summed E-state index contributed by atoms with van der Waals surface area (Å²) in [5.74, 6) is -0.168. The summed E-state index contributed by atoms with van der Waals surface area (Å²) in [6, 6.07) is 3.18. The molecule has 1 aromatic rings. The summed E-state index contributed by atoms with van der Waals surface area (Å²) in [6.45, 7) is 0.964. The van der Waals surface area contributed by atoms with Gasteiger partial charge in [-0.2, -0.15) is 0 Å². The van der Waals surface area contributed by atoms with Crippen molar-refractivity contribution in [3.05, 3.63) is 24.0 Å². The summed E-state index contributed by atoms with van der Waals surface area (Å²) in [5.41, 5.74) is 6.42. The maximum Gasteiger partial charge on any atom is 0.272 e. The molecule has 1 unspecified atom stereocenters. The number of aromatic nitrogens is 1. The van der Waals surface area contributed by atoms with E-state index in [1.807, 2.05) is 0 Å². The van der Waals surface area contributed by atoms with Crippen LogP contribution < -0.4 is 5.73 Å². The normalized spacial score (nSPS) is 20.6. The largest absolute Gasteiger partial charge is 0.399 e. The number of nitrogens with two attached hydrogens (primary N) is 1. The quantitative estimate of drug-likeness (QED) is 0.672. The Bertz CT molecular complexity index is 381. The van der Waals surface area contributed by atoms with Crippen LogP contribution in [0.25, 0.3) is 0 Å². The molecule has 1 saturated heterocycles. The predicted octanol–water partition coefficient (Wildman–Crippen LogP) is -0.129. The van der Waals surface area contributed by atoms with Crippen LogP contribution in [0.3, 0.4) is 0 Å². The number of anilines is 1. The van der Waals surface area contributed by atoms with Gasteiger partial charge in [-0.05, 0) is 18.6 Å². The van der Waals surface area contributed by atoms with Crippen LogP contribution in [0.15, 0.2) is 18.3 Å². The minimum atomic E-state index is -0.407. The van der Waals surface area contributed by atoms with Crippen LogP contribution in [-0.4, -0.2) is 40.1 Å². The molecular formula is C10H13N3O2. The van der Waals surface area contributed by atoms with Gasteiger partial charge in [-0.1, -0.05) is 0 Å². The van der Waals surface area contributed by atoms with Crippen LogP contribution in [0.4, 0.5) is 5.69 Å². The summed E-state index contributed by atoms with van der Waals surface area (Å²) in [5, 5.41) is 9.31. The van der Waals surface area contributed by atoms with E-state index in [0.29, 0.717) is 30.9 Å². The van der Waals surface area contributed by atoms with E-state index in [1.165, 1.54) is 6.20 Å². The number of nitrogen functional groups attached to an aromatic ring is 1. The molecule has 5 heteroatoms. The van der Waals surface area contributed by atoms with Gasteiger partial charge in [0.05, 0.1) is 6.10 Å². The lowest BCUT2D eigenvalue weighted by molar-refractivity contribution is 0.0759. The average Bonchev–Trinajstić information content (AvgIpc) is 2.64. The number of pyridine rings is 1. The first-order valence-electron chi connectivity index (χ1n) is 4.85. The first-order chi connectivity index (χ1) is 7.16. The van der Waals surface area contributed by atoms with Crippen molar-refractivity contribution in [3.8, 4) is 0 Å². The van der Waals surface area contributed by atoms with E-state index in [-0.39, 0.29) is 5.91 Å². The van der Waals surface area contributed by atoms with E-state index in [1.54, 1.807) is 17.0 Å². The number of rotatable bonds is 1. The zero-order valence-electron chi connectivity index (χ0n) is 8.26. The minimum absolute atomic E-state index is 0.168. The van der Waals surface area contributed by atoms with E-state index in [2.05, 4.69) is 4.98 Å². The highest BCUT2D eigenvalue weighted by molar-refractivity contribution is 5.93. The summed E-state index contributed by atoms with van der Waals surface area (Å²) in [4.78, 5) is 17.4. The molecule has 0 saturated carbocycles.